The zero-order valence-electron chi connectivity index (χ0n) is 19.1. The van der Waals surface area contributed by atoms with Gasteiger partial charge in [-0.2, -0.15) is 8.42 Å². The summed E-state index contributed by atoms with van der Waals surface area (Å²) in [6.45, 7) is 8.25. The summed E-state index contributed by atoms with van der Waals surface area (Å²) in [6.07, 6.45) is 9.28. The molecule has 3 saturated carbocycles. The van der Waals surface area contributed by atoms with Gasteiger partial charge in [0, 0.05) is 16.7 Å². The van der Waals surface area contributed by atoms with E-state index in [-0.39, 0.29) is 29.5 Å². The first-order valence-corrected chi connectivity index (χ1v) is 14.9. The molecule has 3 fully saturated rings. The molecule has 0 heterocycles. The second kappa shape index (κ2) is 11.1. The Hall–Kier alpha value is -0.140. The van der Waals surface area contributed by atoms with Gasteiger partial charge in [-0.1, -0.05) is 40.5 Å². The molecule has 0 aromatic rings. The maximum atomic E-state index is 13.1. The van der Waals surface area contributed by atoms with Crippen LogP contribution in [0.4, 0.5) is 4.39 Å². The van der Waals surface area contributed by atoms with Crippen molar-refractivity contribution in [3.8, 4) is 0 Å². The molecule has 0 radical (unpaired) electrons. The molecule has 7 atom stereocenters. The van der Waals surface area contributed by atoms with Crippen LogP contribution in [0.25, 0.3) is 0 Å². The highest BCUT2D eigenvalue weighted by Gasteiger charge is 2.57. The van der Waals surface area contributed by atoms with Gasteiger partial charge < -0.3 is 0 Å². The maximum Gasteiger partial charge on any atom is 0.320 e. The van der Waals surface area contributed by atoms with Crippen LogP contribution < -0.4 is 0 Å². The molecule has 0 amide bonds. The number of carbonyl (C=O) groups is 1. The highest BCUT2D eigenvalue weighted by molar-refractivity contribution is 8.70. The van der Waals surface area contributed by atoms with Gasteiger partial charge >= 0.3 is 9.15 Å². The molecule has 0 aliphatic heterocycles. The SMILES string of the molecule is CC.CCCC1C(CCF)CCC2C1CCC1(C)C(C(=O)CSS(=O)(=O)O)CCC21. The van der Waals surface area contributed by atoms with E-state index in [1.165, 1.54) is 6.42 Å². The van der Waals surface area contributed by atoms with Crippen LogP contribution in [0.3, 0.4) is 0 Å². The van der Waals surface area contributed by atoms with Gasteiger partial charge in [-0.15, -0.1) is 0 Å². The van der Waals surface area contributed by atoms with Gasteiger partial charge in [0.1, 0.15) is 5.78 Å². The number of halogens is 1. The first kappa shape index (κ1) is 26.1. The van der Waals surface area contributed by atoms with Crippen molar-refractivity contribution in [1.29, 1.82) is 0 Å². The first-order valence-electron chi connectivity index (χ1n) is 11.9. The topological polar surface area (TPSA) is 71.4 Å². The van der Waals surface area contributed by atoms with E-state index in [4.69, 9.17) is 4.55 Å². The number of alkyl halides is 1. The summed E-state index contributed by atoms with van der Waals surface area (Å²) in [5.74, 6) is 2.65. The van der Waals surface area contributed by atoms with E-state index in [2.05, 4.69) is 13.8 Å². The monoisotopic (exact) mass is 464 g/mol. The summed E-state index contributed by atoms with van der Waals surface area (Å²) >= 11 is 0. The molecule has 4 nitrogen and oxygen atoms in total. The molecule has 0 aromatic heterocycles. The Morgan fingerprint density at radius 3 is 2.40 bits per heavy atom. The Morgan fingerprint density at radius 1 is 1.10 bits per heavy atom. The average Bonchev–Trinajstić information content (AvgIpc) is 3.06. The smallest absolute Gasteiger partial charge is 0.298 e. The van der Waals surface area contributed by atoms with Gasteiger partial charge in [0.2, 0.25) is 0 Å². The predicted octanol–water partition coefficient (Wildman–Crippen LogP) is 6.36. The number of fused-ring (bicyclic) bond motifs is 3. The third-order valence-electron chi connectivity index (χ3n) is 8.36. The van der Waals surface area contributed by atoms with Crippen molar-refractivity contribution in [2.24, 2.45) is 40.9 Å². The first-order chi connectivity index (χ1) is 14.2. The van der Waals surface area contributed by atoms with Gasteiger partial charge in [-0.05, 0) is 80.0 Å². The normalized spacial score (nSPS) is 38.2. The van der Waals surface area contributed by atoms with Gasteiger partial charge in [-0.25, -0.2) is 0 Å². The maximum absolute atomic E-state index is 13.1. The summed E-state index contributed by atoms with van der Waals surface area (Å²) in [7, 11) is -3.83. The molecule has 0 aromatic carbocycles. The minimum absolute atomic E-state index is 0.0256. The fraction of sp³-hybridized carbons (Fsp3) is 0.957. The largest absolute Gasteiger partial charge is 0.320 e. The van der Waals surface area contributed by atoms with Crippen LogP contribution in [-0.2, 0) is 13.9 Å². The van der Waals surface area contributed by atoms with Gasteiger partial charge in [-0.3, -0.25) is 13.7 Å². The predicted molar refractivity (Wildman–Crippen MR) is 123 cm³/mol. The highest BCUT2D eigenvalue weighted by Crippen LogP contribution is 2.63. The van der Waals surface area contributed by atoms with Gasteiger partial charge in [0.15, 0.2) is 0 Å². The van der Waals surface area contributed by atoms with Crippen LogP contribution in [0.5, 0.6) is 0 Å². The molecule has 3 rings (SSSR count). The summed E-state index contributed by atoms with van der Waals surface area (Å²) in [5, 5.41) is 0. The standard InChI is InChI=1S/C21H35FO4S2.C2H6/c1-3-4-15-14(10-12-22)5-6-17-16(15)9-11-21(2)18(17)7-8-19(21)20(23)13-27-28(24,25)26;1-2/h14-19H,3-13H2,1-2H3,(H,24,25,26);1-2H3. The fourth-order valence-corrected chi connectivity index (χ4v) is 8.54. The Kier molecular flexibility index (Phi) is 9.69. The number of hydrogen-bond acceptors (Lipinski definition) is 4. The van der Waals surface area contributed by atoms with Crippen molar-refractivity contribution in [2.45, 2.75) is 85.5 Å². The average molecular weight is 465 g/mol. The van der Waals surface area contributed by atoms with Crippen molar-refractivity contribution in [3.63, 3.8) is 0 Å². The number of rotatable bonds is 8. The molecule has 0 spiro atoms. The van der Waals surface area contributed by atoms with Crippen molar-refractivity contribution in [1.82, 2.24) is 0 Å². The molecule has 3 aliphatic carbocycles. The Balaban J connectivity index is 0.00000155. The van der Waals surface area contributed by atoms with Crippen LogP contribution >= 0.6 is 10.8 Å². The molecular weight excluding hydrogens is 423 g/mol. The zero-order valence-corrected chi connectivity index (χ0v) is 20.7. The second-order valence-electron chi connectivity index (χ2n) is 9.53. The zero-order chi connectivity index (χ0) is 22.5. The summed E-state index contributed by atoms with van der Waals surface area (Å²) in [5.41, 5.74) is -0.0539. The Labute approximate surface area is 186 Å². The van der Waals surface area contributed by atoms with E-state index in [0.29, 0.717) is 46.8 Å². The van der Waals surface area contributed by atoms with Crippen molar-refractivity contribution < 1.29 is 22.2 Å². The van der Waals surface area contributed by atoms with Crippen LogP contribution in [-0.4, -0.2) is 31.2 Å². The Bertz CT molecular complexity index is 668. The lowest BCUT2D eigenvalue weighted by Gasteiger charge is -2.54. The van der Waals surface area contributed by atoms with E-state index < -0.39 is 9.15 Å². The second-order valence-corrected chi connectivity index (χ2v) is 12.9. The minimum Gasteiger partial charge on any atom is -0.298 e. The lowest BCUT2D eigenvalue weighted by atomic mass is 9.50. The molecule has 30 heavy (non-hydrogen) atoms. The van der Waals surface area contributed by atoms with Crippen molar-refractivity contribution >= 4 is 25.7 Å². The van der Waals surface area contributed by atoms with E-state index in [1.807, 2.05) is 13.8 Å². The molecular formula is C23H41FO4S2. The highest BCUT2D eigenvalue weighted by atomic mass is 33.1. The molecule has 0 saturated heterocycles. The van der Waals surface area contributed by atoms with E-state index in [1.54, 1.807) is 0 Å². The molecule has 3 aliphatic rings. The van der Waals surface area contributed by atoms with Crippen LogP contribution in [0.15, 0.2) is 0 Å². The van der Waals surface area contributed by atoms with Crippen LogP contribution in [0.1, 0.15) is 85.5 Å². The molecule has 7 heteroatoms. The third-order valence-corrected chi connectivity index (χ3v) is 10.3. The summed E-state index contributed by atoms with van der Waals surface area (Å²) < 4.78 is 44.1. The number of carbonyl (C=O) groups excluding carboxylic acids is 1. The van der Waals surface area contributed by atoms with E-state index in [9.17, 15) is 17.6 Å². The van der Waals surface area contributed by atoms with Crippen molar-refractivity contribution in [3.05, 3.63) is 0 Å². The molecule has 7 unspecified atom stereocenters. The molecule has 176 valence electrons. The van der Waals surface area contributed by atoms with Crippen LogP contribution in [0, 0.1) is 40.9 Å². The number of hydrogen-bond donors (Lipinski definition) is 1. The van der Waals surface area contributed by atoms with Crippen molar-refractivity contribution in [2.75, 3.05) is 12.4 Å². The van der Waals surface area contributed by atoms with Gasteiger partial charge in [0.25, 0.3) is 0 Å². The van der Waals surface area contributed by atoms with Crippen LogP contribution in [0.2, 0.25) is 0 Å². The number of Topliss-reactive ketones (excluding diaryl/α,β-unsaturated/α-hetero) is 1. The van der Waals surface area contributed by atoms with E-state index in [0.717, 1.165) is 44.9 Å². The minimum atomic E-state index is -4.18. The summed E-state index contributed by atoms with van der Waals surface area (Å²) in [6, 6.07) is 0. The van der Waals surface area contributed by atoms with Gasteiger partial charge in [0.05, 0.1) is 12.4 Å². The lowest BCUT2D eigenvalue weighted by molar-refractivity contribution is -0.127. The third kappa shape index (κ3) is 5.61. The quantitative estimate of drug-likeness (QED) is 0.334. The summed E-state index contributed by atoms with van der Waals surface area (Å²) in [4.78, 5) is 12.8. The van der Waals surface area contributed by atoms with E-state index >= 15 is 0 Å². The Morgan fingerprint density at radius 2 is 1.80 bits per heavy atom. The number of ketones is 1. The molecule has 1 N–H and O–H groups in total. The lowest BCUT2D eigenvalue weighted by Crippen LogP contribution is -2.48. The fourth-order valence-electron chi connectivity index (χ4n) is 7.28. The molecule has 0 bridgehead atoms.